The van der Waals surface area contributed by atoms with Crippen molar-refractivity contribution < 1.29 is 32.4 Å². The Labute approximate surface area is 182 Å². The molecule has 0 amide bonds. The molecule has 0 heterocycles. The summed E-state index contributed by atoms with van der Waals surface area (Å²) < 4.78 is 37.6. The Morgan fingerprint density at radius 1 is 0.733 bits per heavy atom. The highest BCUT2D eigenvalue weighted by molar-refractivity contribution is 7.87. The molecule has 0 aromatic carbocycles. The number of carboxylic acids is 1. The first-order valence-corrected chi connectivity index (χ1v) is 13.1. The summed E-state index contributed by atoms with van der Waals surface area (Å²) in [5.41, 5.74) is 0. The molecule has 0 spiro atoms. The number of rotatable bonds is 21. The van der Waals surface area contributed by atoms with Crippen LogP contribution in [-0.4, -0.2) is 36.8 Å². The van der Waals surface area contributed by atoms with Crippen molar-refractivity contribution >= 4 is 22.1 Å². The van der Waals surface area contributed by atoms with Gasteiger partial charge >= 0.3 is 5.97 Å². The summed E-state index contributed by atoms with van der Waals surface area (Å²) in [5.74, 6) is -3.09. The van der Waals surface area contributed by atoms with Gasteiger partial charge in [0.2, 0.25) is 0 Å². The van der Waals surface area contributed by atoms with Crippen LogP contribution in [-0.2, 0) is 24.4 Å². The highest BCUT2D eigenvalue weighted by Crippen LogP contribution is 2.14. The monoisotopic (exact) mass is 448 g/mol. The maximum Gasteiger partial charge on any atom is 0.323 e. The van der Waals surface area contributed by atoms with E-state index in [9.17, 15) is 27.7 Å². The molecule has 0 aromatic rings. The van der Waals surface area contributed by atoms with E-state index in [1.54, 1.807) is 0 Å². The third-order valence-corrected chi connectivity index (χ3v) is 6.26. The molecule has 30 heavy (non-hydrogen) atoms. The predicted octanol–water partition coefficient (Wildman–Crippen LogP) is 3.84. The summed E-state index contributed by atoms with van der Waals surface area (Å²) in [5, 5.41) is 8.24. The first-order chi connectivity index (χ1) is 14.3. The number of carboxylic acid groups (broad SMARTS) is 1. The van der Waals surface area contributed by atoms with Crippen molar-refractivity contribution in [1.82, 2.24) is 0 Å². The smallest absolute Gasteiger partial charge is 0.323 e. The molecular formula is C22H40O7S-2. The number of hydrogen-bond donors (Lipinski definition) is 0. The van der Waals surface area contributed by atoms with Crippen LogP contribution in [0.3, 0.4) is 0 Å². The largest absolute Gasteiger partial charge is 0.747 e. The summed E-state index contributed by atoms with van der Waals surface area (Å²) in [4.78, 5) is 22.1. The molecule has 0 aliphatic heterocycles. The van der Waals surface area contributed by atoms with Crippen LogP contribution in [0.25, 0.3) is 0 Å². The van der Waals surface area contributed by atoms with Crippen LogP contribution in [0.2, 0.25) is 0 Å². The van der Waals surface area contributed by atoms with E-state index in [1.807, 2.05) is 0 Å². The normalized spacial score (nSPS) is 12.6. The summed E-state index contributed by atoms with van der Waals surface area (Å²) in [6, 6.07) is 0. The maximum absolute atomic E-state index is 11.6. The van der Waals surface area contributed by atoms with Gasteiger partial charge in [-0.1, -0.05) is 103 Å². The summed E-state index contributed by atoms with van der Waals surface area (Å²) >= 11 is 0. The molecule has 8 heteroatoms. The molecule has 178 valence electrons. The van der Waals surface area contributed by atoms with E-state index < -0.39 is 33.7 Å². The highest BCUT2D eigenvalue weighted by atomic mass is 32.2. The molecule has 1 unspecified atom stereocenters. The molecule has 0 N–H and O–H groups in total. The molecule has 0 fully saturated rings. The third kappa shape index (κ3) is 17.7. The molecule has 0 rings (SSSR count). The second-order valence-electron chi connectivity index (χ2n) is 8.03. The molecule has 0 radical (unpaired) electrons. The van der Waals surface area contributed by atoms with Crippen molar-refractivity contribution in [1.29, 1.82) is 0 Å². The van der Waals surface area contributed by atoms with Gasteiger partial charge in [0.1, 0.15) is 10.1 Å². The SMILES string of the molecule is CCCCCCCCCCCCCCCCCCOC(=O)C(CC(=O)[O-])S(=O)(=O)[O-]. The van der Waals surface area contributed by atoms with E-state index in [4.69, 9.17) is 4.74 Å². The van der Waals surface area contributed by atoms with Crippen molar-refractivity contribution in [3.63, 3.8) is 0 Å². The molecule has 0 aromatic heterocycles. The fourth-order valence-corrected chi connectivity index (χ4v) is 4.01. The average molecular weight is 449 g/mol. The zero-order valence-electron chi connectivity index (χ0n) is 18.6. The van der Waals surface area contributed by atoms with Crippen molar-refractivity contribution in [3.05, 3.63) is 0 Å². The third-order valence-electron chi connectivity index (χ3n) is 5.21. The van der Waals surface area contributed by atoms with E-state index in [0.717, 1.165) is 19.3 Å². The van der Waals surface area contributed by atoms with Gasteiger partial charge in [-0.2, -0.15) is 0 Å². The summed E-state index contributed by atoms with van der Waals surface area (Å²) in [7, 11) is -5.08. The lowest BCUT2D eigenvalue weighted by Crippen LogP contribution is -2.38. The Hall–Kier alpha value is -1.15. The number of hydrogen-bond acceptors (Lipinski definition) is 7. The first kappa shape index (κ1) is 28.9. The van der Waals surface area contributed by atoms with Crippen LogP contribution in [0.15, 0.2) is 0 Å². The zero-order valence-corrected chi connectivity index (χ0v) is 19.4. The van der Waals surface area contributed by atoms with Crippen molar-refractivity contribution in [2.75, 3.05) is 6.61 Å². The number of esters is 1. The maximum atomic E-state index is 11.6. The molecule has 1 atom stereocenters. The molecule has 0 aliphatic rings. The minimum atomic E-state index is -5.08. The predicted molar refractivity (Wildman–Crippen MR) is 114 cm³/mol. The Balaban J connectivity index is 3.49. The lowest BCUT2D eigenvalue weighted by molar-refractivity contribution is -0.305. The molecule has 0 bridgehead atoms. The Bertz CT molecular complexity index is 546. The van der Waals surface area contributed by atoms with E-state index in [1.165, 1.54) is 77.0 Å². The molecular weight excluding hydrogens is 408 g/mol. The lowest BCUT2D eigenvalue weighted by Gasteiger charge is -2.19. The summed E-state index contributed by atoms with van der Waals surface area (Å²) in [6.45, 7) is 2.22. The van der Waals surface area contributed by atoms with Gasteiger partial charge < -0.3 is 19.2 Å². The van der Waals surface area contributed by atoms with Gasteiger partial charge in [0.05, 0.1) is 6.61 Å². The molecule has 0 saturated carbocycles. The van der Waals surface area contributed by atoms with E-state index in [-0.39, 0.29) is 6.61 Å². The van der Waals surface area contributed by atoms with Crippen molar-refractivity contribution in [2.24, 2.45) is 0 Å². The quantitative estimate of drug-likeness (QED) is 0.148. The average Bonchev–Trinajstić information content (AvgIpc) is 2.67. The van der Waals surface area contributed by atoms with Crippen molar-refractivity contribution in [3.8, 4) is 0 Å². The van der Waals surface area contributed by atoms with Crippen LogP contribution in [0, 0.1) is 0 Å². The van der Waals surface area contributed by atoms with Gasteiger partial charge in [-0.15, -0.1) is 0 Å². The van der Waals surface area contributed by atoms with Gasteiger partial charge in [-0.25, -0.2) is 8.42 Å². The molecule has 0 saturated heterocycles. The fourth-order valence-electron chi connectivity index (χ4n) is 3.37. The number of aliphatic carboxylic acids is 1. The van der Waals surface area contributed by atoms with Gasteiger partial charge in [-0.3, -0.25) is 4.79 Å². The number of ether oxygens (including phenoxy) is 1. The van der Waals surface area contributed by atoms with E-state index in [0.29, 0.717) is 6.42 Å². The number of unbranched alkanes of at least 4 members (excludes halogenated alkanes) is 15. The van der Waals surface area contributed by atoms with Crippen LogP contribution in [0.5, 0.6) is 0 Å². The Kier molecular flexibility index (Phi) is 17.9. The highest BCUT2D eigenvalue weighted by Gasteiger charge is 2.27. The van der Waals surface area contributed by atoms with E-state index in [2.05, 4.69) is 6.92 Å². The second-order valence-corrected chi connectivity index (χ2v) is 9.58. The number of carbonyl (C=O) groups excluding carboxylic acids is 2. The lowest BCUT2D eigenvalue weighted by atomic mass is 10.0. The molecule has 7 nitrogen and oxygen atoms in total. The van der Waals surface area contributed by atoms with Crippen LogP contribution < -0.4 is 5.11 Å². The van der Waals surface area contributed by atoms with Gasteiger partial charge in [0.15, 0.2) is 5.25 Å². The van der Waals surface area contributed by atoms with Crippen LogP contribution in [0.1, 0.15) is 116 Å². The topological polar surface area (TPSA) is 124 Å². The summed E-state index contributed by atoms with van der Waals surface area (Å²) in [6.07, 6.45) is 18.2. The number of carbonyl (C=O) groups is 2. The van der Waals surface area contributed by atoms with Crippen molar-refractivity contribution in [2.45, 2.75) is 121 Å². The Morgan fingerprint density at radius 2 is 1.10 bits per heavy atom. The first-order valence-electron chi connectivity index (χ1n) is 11.6. The standard InChI is InChI=1S/C22H42O7S/c1-2-3-4-5-6-7-8-9-10-11-12-13-14-15-16-17-18-29-22(25)20(19-21(23)24)30(26,27)28/h20H,2-19H2,1H3,(H,23,24)(H,26,27,28)/p-2. The van der Waals surface area contributed by atoms with Gasteiger partial charge in [0, 0.05) is 12.4 Å². The minimum Gasteiger partial charge on any atom is -0.747 e. The molecule has 0 aliphatic carbocycles. The Morgan fingerprint density at radius 3 is 1.43 bits per heavy atom. The van der Waals surface area contributed by atoms with E-state index >= 15 is 0 Å². The fraction of sp³-hybridized carbons (Fsp3) is 0.909. The zero-order chi connectivity index (χ0) is 22.7. The minimum absolute atomic E-state index is 0.0175. The van der Waals surface area contributed by atoms with Gasteiger partial charge in [0.25, 0.3) is 0 Å². The second kappa shape index (κ2) is 18.6. The van der Waals surface area contributed by atoms with Crippen LogP contribution in [0.4, 0.5) is 0 Å². The van der Waals surface area contributed by atoms with Gasteiger partial charge in [-0.05, 0) is 6.42 Å². The van der Waals surface area contributed by atoms with Crippen LogP contribution >= 0.6 is 0 Å².